The van der Waals surface area contributed by atoms with Crippen LogP contribution >= 0.6 is 0 Å². The van der Waals surface area contributed by atoms with Crippen LogP contribution in [0, 0.1) is 0 Å². The maximum atomic E-state index is 4.13. The molecule has 0 heteroatoms. The molecule has 1 aliphatic rings. The fraction of sp³-hybridized carbons (Fsp3) is 0.158. The molecule has 0 bridgehead atoms. The van der Waals surface area contributed by atoms with E-state index >= 15 is 0 Å². The predicted molar refractivity (Wildman–Crippen MR) is 87.0 cm³/mol. The Bertz CT molecular complexity index is 490. The van der Waals surface area contributed by atoms with Crippen molar-refractivity contribution in [1.29, 1.82) is 0 Å². The van der Waals surface area contributed by atoms with E-state index in [1.165, 1.54) is 5.57 Å². The molecule has 0 fully saturated rings. The number of rotatable bonds is 6. The zero-order valence-corrected chi connectivity index (χ0v) is 11.6. The summed E-state index contributed by atoms with van der Waals surface area (Å²) in [4.78, 5) is 0. The minimum Gasteiger partial charge on any atom is -0.0991 e. The molecular formula is C19H22. The Kier molecular flexibility index (Phi) is 6.38. The topological polar surface area (TPSA) is 0 Å². The lowest BCUT2D eigenvalue weighted by Gasteiger charge is -2.05. The average molecular weight is 250 g/mol. The SMILES string of the molecule is C=C/C=C\C(=C)C(=C)/C=C\C(=C)C1=CCC=CCC1. The van der Waals surface area contributed by atoms with Crippen molar-refractivity contribution in [2.75, 3.05) is 0 Å². The van der Waals surface area contributed by atoms with E-state index in [9.17, 15) is 0 Å². The van der Waals surface area contributed by atoms with Gasteiger partial charge in [0.1, 0.15) is 0 Å². The van der Waals surface area contributed by atoms with Gasteiger partial charge in [0.25, 0.3) is 0 Å². The first kappa shape index (κ1) is 15.0. The fourth-order valence-electron chi connectivity index (χ4n) is 1.76. The van der Waals surface area contributed by atoms with Crippen LogP contribution in [0.2, 0.25) is 0 Å². The van der Waals surface area contributed by atoms with Gasteiger partial charge in [-0.25, -0.2) is 0 Å². The summed E-state index contributed by atoms with van der Waals surface area (Å²) in [7, 11) is 0. The van der Waals surface area contributed by atoms with Gasteiger partial charge in [0.15, 0.2) is 0 Å². The molecule has 0 aromatic rings. The van der Waals surface area contributed by atoms with Gasteiger partial charge in [0, 0.05) is 0 Å². The normalized spacial score (nSPS) is 15.3. The Morgan fingerprint density at radius 2 is 1.74 bits per heavy atom. The van der Waals surface area contributed by atoms with Crippen LogP contribution in [0.5, 0.6) is 0 Å². The van der Waals surface area contributed by atoms with E-state index in [1.54, 1.807) is 6.08 Å². The first-order valence-electron chi connectivity index (χ1n) is 6.54. The molecule has 0 heterocycles. The van der Waals surface area contributed by atoms with Crippen molar-refractivity contribution in [3.8, 4) is 0 Å². The summed E-state index contributed by atoms with van der Waals surface area (Å²) < 4.78 is 0. The molecule has 0 spiro atoms. The Hall–Kier alpha value is -2.08. The molecule has 19 heavy (non-hydrogen) atoms. The van der Waals surface area contributed by atoms with E-state index in [-0.39, 0.29) is 0 Å². The van der Waals surface area contributed by atoms with Crippen molar-refractivity contribution in [3.63, 3.8) is 0 Å². The number of allylic oxidation sites excluding steroid dienone is 12. The van der Waals surface area contributed by atoms with Crippen LogP contribution in [0.4, 0.5) is 0 Å². The summed E-state index contributed by atoms with van der Waals surface area (Å²) in [6.45, 7) is 15.7. The molecule has 98 valence electrons. The standard InChI is InChI=1S/C19H22/c1-5-6-11-16(2)17(3)14-15-18(4)19-12-9-7-8-10-13-19/h5-8,11-12,14-15H,1-4,9-10,13H2/b11-6-,15-14-. The summed E-state index contributed by atoms with van der Waals surface area (Å²) in [5, 5.41) is 0. The Balaban J connectivity index is 2.61. The van der Waals surface area contributed by atoms with E-state index in [0.29, 0.717) is 0 Å². The minimum atomic E-state index is 0.889. The Labute approximate surface area is 117 Å². The summed E-state index contributed by atoms with van der Waals surface area (Å²) in [6, 6.07) is 0. The molecule has 0 aliphatic heterocycles. The summed E-state index contributed by atoms with van der Waals surface area (Å²) >= 11 is 0. The van der Waals surface area contributed by atoms with Gasteiger partial charge in [-0.15, -0.1) is 0 Å². The molecule has 0 aromatic carbocycles. The quantitative estimate of drug-likeness (QED) is 0.424. The lowest BCUT2D eigenvalue weighted by Crippen LogP contribution is -1.86. The van der Waals surface area contributed by atoms with Crippen LogP contribution in [0.1, 0.15) is 19.3 Å². The molecule has 0 amide bonds. The van der Waals surface area contributed by atoms with Crippen molar-refractivity contribution >= 4 is 0 Å². The maximum absolute atomic E-state index is 4.13. The second-order valence-electron chi connectivity index (χ2n) is 4.48. The molecular weight excluding hydrogens is 228 g/mol. The highest BCUT2D eigenvalue weighted by Gasteiger charge is 2.01. The van der Waals surface area contributed by atoms with Gasteiger partial charge in [0.2, 0.25) is 0 Å². The molecule has 0 nitrogen and oxygen atoms in total. The minimum absolute atomic E-state index is 0.889. The van der Waals surface area contributed by atoms with E-state index < -0.39 is 0 Å². The lowest BCUT2D eigenvalue weighted by atomic mass is 10.0. The molecule has 1 aliphatic carbocycles. The second-order valence-corrected chi connectivity index (χ2v) is 4.48. The lowest BCUT2D eigenvalue weighted by molar-refractivity contribution is 1.00. The van der Waals surface area contributed by atoms with Crippen LogP contribution in [0.15, 0.2) is 97.2 Å². The molecule has 0 N–H and O–H groups in total. The van der Waals surface area contributed by atoms with Crippen LogP contribution in [0.3, 0.4) is 0 Å². The first-order valence-corrected chi connectivity index (χ1v) is 6.54. The summed E-state index contributed by atoms with van der Waals surface area (Å²) in [5.74, 6) is 0. The molecule has 1 rings (SSSR count). The predicted octanol–water partition coefficient (Wildman–Crippen LogP) is 5.62. The molecule has 0 radical (unpaired) electrons. The first-order chi connectivity index (χ1) is 9.15. The van der Waals surface area contributed by atoms with E-state index in [4.69, 9.17) is 0 Å². The van der Waals surface area contributed by atoms with Crippen molar-refractivity contribution in [3.05, 3.63) is 97.2 Å². The van der Waals surface area contributed by atoms with Gasteiger partial charge in [-0.1, -0.05) is 74.9 Å². The van der Waals surface area contributed by atoms with Crippen molar-refractivity contribution in [1.82, 2.24) is 0 Å². The van der Waals surface area contributed by atoms with E-state index in [2.05, 4.69) is 44.5 Å². The zero-order chi connectivity index (χ0) is 14.1. The largest absolute Gasteiger partial charge is 0.0991 e. The third-order valence-corrected chi connectivity index (χ3v) is 2.99. The zero-order valence-electron chi connectivity index (χ0n) is 11.6. The highest BCUT2D eigenvalue weighted by Crippen LogP contribution is 2.21. The van der Waals surface area contributed by atoms with Crippen molar-refractivity contribution < 1.29 is 0 Å². The molecule has 0 saturated heterocycles. The smallest absolute Gasteiger partial charge is 0.0163 e. The third kappa shape index (κ3) is 5.39. The summed E-state index contributed by atoms with van der Waals surface area (Å²) in [5.41, 5.74) is 4.17. The summed E-state index contributed by atoms with van der Waals surface area (Å²) in [6.07, 6.45) is 19.3. The van der Waals surface area contributed by atoms with Gasteiger partial charge in [-0.3, -0.25) is 0 Å². The van der Waals surface area contributed by atoms with Gasteiger partial charge in [0.05, 0.1) is 0 Å². The second kappa shape index (κ2) is 8.10. The average Bonchev–Trinajstić information content (AvgIpc) is 2.70. The van der Waals surface area contributed by atoms with Gasteiger partial charge in [-0.2, -0.15) is 0 Å². The Morgan fingerprint density at radius 1 is 1.00 bits per heavy atom. The highest BCUT2D eigenvalue weighted by atomic mass is 14.1. The highest BCUT2D eigenvalue weighted by molar-refractivity contribution is 5.47. The monoisotopic (exact) mass is 250 g/mol. The molecule has 0 atom stereocenters. The van der Waals surface area contributed by atoms with Crippen molar-refractivity contribution in [2.45, 2.75) is 19.3 Å². The molecule has 0 saturated carbocycles. The number of hydrogen-bond acceptors (Lipinski definition) is 0. The van der Waals surface area contributed by atoms with Gasteiger partial charge >= 0.3 is 0 Å². The molecule has 0 aromatic heterocycles. The molecule has 0 unspecified atom stereocenters. The van der Waals surface area contributed by atoms with Gasteiger partial charge in [-0.05, 0) is 41.6 Å². The van der Waals surface area contributed by atoms with Gasteiger partial charge < -0.3 is 0 Å². The van der Waals surface area contributed by atoms with Crippen LogP contribution in [-0.2, 0) is 0 Å². The van der Waals surface area contributed by atoms with E-state index in [0.717, 1.165) is 36.0 Å². The van der Waals surface area contributed by atoms with Crippen LogP contribution in [0.25, 0.3) is 0 Å². The van der Waals surface area contributed by atoms with E-state index in [1.807, 2.05) is 24.3 Å². The Morgan fingerprint density at radius 3 is 2.47 bits per heavy atom. The van der Waals surface area contributed by atoms with Crippen LogP contribution < -0.4 is 0 Å². The maximum Gasteiger partial charge on any atom is -0.0163 e. The fourth-order valence-corrected chi connectivity index (χ4v) is 1.76. The van der Waals surface area contributed by atoms with Crippen molar-refractivity contribution in [2.24, 2.45) is 0 Å². The number of hydrogen-bond donors (Lipinski definition) is 0. The van der Waals surface area contributed by atoms with Crippen LogP contribution in [-0.4, -0.2) is 0 Å². The third-order valence-electron chi connectivity index (χ3n) is 2.99.